The summed E-state index contributed by atoms with van der Waals surface area (Å²) in [7, 11) is 0. The van der Waals surface area contributed by atoms with Crippen LogP contribution < -0.4 is 4.74 Å². The predicted octanol–water partition coefficient (Wildman–Crippen LogP) is 2.97. The zero-order valence-corrected chi connectivity index (χ0v) is 12.1. The van der Waals surface area contributed by atoms with Gasteiger partial charge in [0.15, 0.2) is 11.6 Å². The second-order valence-electron chi connectivity index (χ2n) is 5.71. The molecule has 2 atom stereocenters. The quantitative estimate of drug-likeness (QED) is 0.907. The predicted molar refractivity (Wildman–Crippen MR) is 73.2 cm³/mol. The number of nitrogens with zero attached hydrogens (tertiary/aromatic N) is 1. The maximum Gasteiger partial charge on any atom is 0.387 e. The Morgan fingerprint density at radius 3 is 2.77 bits per heavy atom. The third-order valence-corrected chi connectivity index (χ3v) is 3.70. The Hall–Kier alpha value is -1.76. The van der Waals surface area contributed by atoms with E-state index in [1.807, 2.05) is 11.8 Å². The van der Waals surface area contributed by atoms with E-state index >= 15 is 0 Å². The molecule has 1 aliphatic heterocycles. The molecule has 7 heteroatoms. The van der Waals surface area contributed by atoms with Crippen LogP contribution >= 0.6 is 0 Å². The van der Waals surface area contributed by atoms with Gasteiger partial charge in [-0.25, -0.2) is 4.39 Å². The van der Waals surface area contributed by atoms with Crippen molar-refractivity contribution in [2.24, 2.45) is 11.8 Å². The molecule has 0 saturated carbocycles. The smallest absolute Gasteiger partial charge is 0.387 e. The average Bonchev–Trinajstić information content (AvgIpc) is 2.40. The Morgan fingerprint density at radius 2 is 2.18 bits per heavy atom. The molecule has 0 spiro atoms. The molecule has 1 saturated heterocycles. The van der Waals surface area contributed by atoms with Gasteiger partial charge in [0.1, 0.15) is 0 Å². The first kappa shape index (κ1) is 16.6. The molecule has 0 aromatic heterocycles. The van der Waals surface area contributed by atoms with Crippen LogP contribution in [0.2, 0.25) is 0 Å². The molecule has 122 valence electrons. The highest BCUT2D eigenvalue weighted by Crippen LogP contribution is 2.25. The summed E-state index contributed by atoms with van der Waals surface area (Å²) in [6, 6.07) is 3.82. The minimum atomic E-state index is -3.07. The van der Waals surface area contributed by atoms with Gasteiger partial charge in [-0.2, -0.15) is 8.78 Å². The second-order valence-corrected chi connectivity index (χ2v) is 5.71. The minimum absolute atomic E-state index is 0.237. The number of rotatable bonds is 5. The molecule has 1 heterocycles. The maximum atomic E-state index is 13.7. The first-order valence-electron chi connectivity index (χ1n) is 7.03. The van der Waals surface area contributed by atoms with Crippen LogP contribution in [-0.2, 0) is 11.3 Å². The SMILES string of the molecule is CC1CC(C(=O)O)CN(Cc2ccc(OC(F)F)c(F)c2)C1. The summed E-state index contributed by atoms with van der Waals surface area (Å²) in [4.78, 5) is 13.1. The standard InChI is InChI=1S/C15H18F3NO3/c1-9-4-11(14(20)21)8-19(6-9)7-10-2-3-13(12(16)5-10)22-15(17)18/h2-3,5,9,11,15H,4,6-8H2,1H3,(H,20,21). The van der Waals surface area contributed by atoms with Crippen molar-refractivity contribution in [2.75, 3.05) is 13.1 Å². The molecule has 0 aliphatic carbocycles. The topological polar surface area (TPSA) is 49.8 Å². The number of piperidine rings is 1. The van der Waals surface area contributed by atoms with Gasteiger partial charge in [0, 0.05) is 19.6 Å². The van der Waals surface area contributed by atoms with Crippen molar-refractivity contribution in [1.29, 1.82) is 0 Å². The van der Waals surface area contributed by atoms with Crippen LogP contribution in [0, 0.1) is 17.7 Å². The molecule has 22 heavy (non-hydrogen) atoms. The molecule has 4 nitrogen and oxygen atoms in total. The molecular formula is C15H18F3NO3. The van der Waals surface area contributed by atoms with Crippen molar-refractivity contribution in [3.8, 4) is 5.75 Å². The van der Waals surface area contributed by atoms with Crippen LogP contribution in [0.3, 0.4) is 0 Å². The van der Waals surface area contributed by atoms with E-state index in [1.165, 1.54) is 12.1 Å². The van der Waals surface area contributed by atoms with Crippen molar-refractivity contribution < 1.29 is 27.8 Å². The van der Waals surface area contributed by atoms with Crippen molar-refractivity contribution in [2.45, 2.75) is 26.5 Å². The molecule has 0 bridgehead atoms. The summed E-state index contributed by atoms with van der Waals surface area (Å²) in [5.74, 6) is -2.37. The number of carbonyl (C=O) groups is 1. The summed E-state index contributed by atoms with van der Waals surface area (Å²) in [6.07, 6.45) is 0.626. The molecule has 0 radical (unpaired) electrons. The number of hydrogen-bond acceptors (Lipinski definition) is 3. The zero-order valence-electron chi connectivity index (χ0n) is 12.1. The van der Waals surface area contributed by atoms with Gasteiger partial charge >= 0.3 is 12.6 Å². The van der Waals surface area contributed by atoms with E-state index in [0.717, 1.165) is 12.6 Å². The fourth-order valence-electron chi connectivity index (χ4n) is 2.86. The normalized spacial score (nSPS) is 22.8. The number of halogens is 3. The summed E-state index contributed by atoms with van der Waals surface area (Å²) in [5.41, 5.74) is 0.595. The van der Waals surface area contributed by atoms with E-state index in [4.69, 9.17) is 5.11 Å². The number of alkyl halides is 2. The molecule has 1 aliphatic rings. The lowest BCUT2D eigenvalue weighted by atomic mass is 9.90. The van der Waals surface area contributed by atoms with Gasteiger partial charge in [-0.3, -0.25) is 9.69 Å². The van der Waals surface area contributed by atoms with E-state index in [-0.39, 0.29) is 5.92 Å². The summed E-state index contributed by atoms with van der Waals surface area (Å²) in [6.45, 7) is 0.402. The molecule has 2 rings (SSSR count). The van der Waals surface area contributed by atoms with Crippen LogP contribution in [0.25, 0.3) is 0 Å². The number of aliphatic carboxylic acids is 1. The van der Waals surface area contributed by atoms with Gasteiger partial charge in [-0.05, 0) is 30.0 Å². The first-order valence-corrected chi connectivity index (χ1v) is 7.03. The fourth-order valence-corrected chi connectivity index (χ4v) is 2.86. The van der Waals surface area contributed by atoms with Crippen molar-refractivity contribution in [1.82, 2.24) is 4.90 Å². The molecule has 2 unspecified atom stereocenters. The minimum Gasteiger partial charge on any atom is -0.481 e. The maximum absolute atomic E-state index is 13.7. The van der Waals surface area contributed by atoms with Crippen LogP contribution in [0.5, 0.6) is 5.75 Å². The van der Waals surface area contributed by atoms with E-state index in [0.29, 0.717) is 25.1 Å². The number of hydrogen-bond donors (Lipinski definition) is 1. The fraction of sp³-hybridized carbons (Fsp3) is 0.533. The highest BCUT2D eigenvalue weighted by atomic mass is 19.3. The van der Waals surface area contributed by atoms with Gasteiger partial charge in [0.05, 0.1) is 5.92 Å². The molecular weight excluding hydrogens is 299 g/mol. The van der Waals surface area contributed by atoms with Crippen LogP contribution in [0.15, 0.2) is 18.2 Å². The Balaban J connectivity index is 2.03. The molecule has 1 N–H and O–H groups in total. The molecule has 1 aromatic rings. The van der Waals surface area contributed by atoms with E-state index in [1.54, 1.807) is 0 Å². The highest BCUT2D eigenvalue weighted by Gasteiger charge is 2.29. The van der Waals surface area contributed by atoms with Crippen molar-refractivity contribution in [3.05, 3.63) is 29.6 Å². The first-order chi connectivity index (χ1) is 10.3. The Morgan fingerprint density at radius 1 is 1.45 bits per heavy atom. The number of likely N-dealkylation sites (tertiary alicyclic amines) is 1. The summed E-state index contributed by atoms with van der Waals surface area (Å²) < 4.78 is 41.9. The van der Waals surface area contributed by atoms with Crippen molar-refractivity contribution in [3.63, 3.8) is 0 Å². The lowest BCUT2D eigenvalue weighted by molar-refractivity contribution is -0.144. The molecule has 0 amide bonds. The van der Waals surface area contributed by atoms with E-state index in [9.17, 15) is 18.0 Å². The highest BCUT2D eigenvalue weighted by molar-refractivity contribution is 5.70. The van der Waals surface area contributed by atoms with Crippen LogP contribution in [-0.4, -0.2) is 35.7 Å². The van der Waals surface area contributed by atoms with Crippen molar-refractivity contribution >= 4 is 5.97 Å². The number of carboxylic acid groups (broad SMARTS) is 1. The summed E-state index contributed by atoms with van der Waals surface area (Å²) in [5, 5.41) is 9.13. The van der Waals surface area contributed by atoms with E-state index < -0.39 is 30.1 Å². The molecule has 1 fully saturated rings. The number of benzene rings is 1. The Kier molecular flexibility index (Phi) is 5.28. The Bertz CT molecular complexity index is 539. The lowest BCUT2D eigenvalue weighted by Gasteiger charge is -2.34. The summed E-state index contributed by atoms with van der Waals surface area (Å²) >= 11 is 0. The Labute approximate surface area is 126 Å². The van der Waals surface area contributed by atoms with Gasteiger partial charge in [0.25, 0.3) is 0 Å². The van der Waals surface area contributed by atoms with E-state index in [2.05, 4.69) is 4.74 Å². The third-order valence-electron chi connectivity index (χ3n) is 3.70. The molecule has 1 aromatic carbocycles. The third kappa shape index (κ3) is 4.37. The van der Waals surface area contributed by atoms with Crippen LogP contribution in [0.1, 0.15) is 18.9 Å². The van der Waals surface area contributed by atoms with Gasteiger partial charge in [-0.1, -0.05) is 13.0 Å². The monoisotopic (exact) mass is 317 g/mol. The van der Waals surface area contributed by atoms with Crippen LogP contribution in [0.4, 0.5) is 13.2 Å². The number of carboxylic acids is 1. The van der Waals surface area contributed by atoms with Gasteiger partial charge < -0.3 is 9.84 Å². The zero-order chi connectivity index (χ0) is 16.3. The van der Waals surface area contributed by atoms with Gasteiger partial charge in [0.2, 0.25) is 0 Å². The average molecular weight is 317 g/mol. The lowest BCUT2D eigenvalue weighted by Crippen LogP contribution is -2.41. The number of ether oxygens (including phenoxy) is 1. The van der Waals surface area contributed by atoms with Gasteiger partial charge in [-0.15, -0.1) is 0 Å². The largest absolute Gasteiger partial charge is 0.481 e. The second kappa shape index (κ2) is 7.00.